The molecule has 3 atom stereocenters. The number of hydrogen-bond donors (Lipinski definition) is 1. The highest BCUT2D eigenvalue weighted by Gasteiger charge is 2.40. The number of hydrogen-bond acceptors (Lipinski definition) is 5. The van der Waals surface area contributed by atoms with Gasteiger partial charge < -0.3 is 14.6 Å². The van der Waals surface area contributed by atoms with Gasteiger partial charge in [-0.25, -0.2) is 0 Å². The van der Waals surface area contributed by atoms with Gasteiger partial charge in [0.25, 0.3) is 0 Å². The Morgan fingerprint density at radius 3 is 2.83 bits per heavy atom. The summed E-state index contributed by atoms with van der Waals surface area (Å²) in [5.41, 5.74) is 0.515. The van der Waals surface area contributed by atoms with Crippen molar-refractivity contribution in [2.75, 3.05) is 0 Å². The molecule has 0 saturated carbocycles. The van der Waals surface area contributed by atoms with Gasteiger partial charge in [0.05, 0.1) is 11.7 Å². The summed E-state index contributed by atoms with van der Waals surface area (Å²) in [6, 6.07) is 0. The van der Waals surface area contributed by atoms with Crippen molar-refractivity contribution in [2.24, 2.45) is 0 Å². The molecule has 0 aromatic carbocycles. The van der Waals surface area contributed by atoms with E-state index in [0.717, 1.165) is 32.1 Å². The van der Waals surface area contributed by atoms with Crippen LogP contribution < -0.4 is 0 Å². The van der Waals surface area contributed by atoms with Crippen LogP contribution in [0.25, 0.3) is 0 Å². The Hall–Kier alpha value is -1.36. The van der Waals surface area contributed by atoms with Crippen LogP contribution in [0.2, 0.25) is 0 Å². The summed E-state index contributed by atoms with van der Waals surface area (Å²) in [6.07, 6.45) is 5.76. The number of Topliss-reactive ketones (excluding diaryl/α,β-unsaturated/α-hetero) is 1. The van der Waals surface area contributed by atoms with Gasteiger partial charge in [0.15, 0.2) is 5.78 Å². The molecule has 5 nitrogen and oxygen atoms in total. The quantitative estimate of drug-likeness (QED) is 0.575. The van der Waals surface area contributed by atoms with E-state index in [1.54, 1.807) is 0 Å². The molecule has 2 rings (SSSR count). The summed E-state index contributed by atoms with van der Waals surface area (Å²) in [7, 11) is 0. The van der Waals surface area contributed by atoms with Crippen molar-refractivity contribution in [3.8, 4) is 0 Å². The van der Waals surface area contributed by atoms with Crippen molar-refractivity contribution in [3.63, 3.8) is 0 Å². The zero-order chi connectivity index (χ0) is 16.8. The maximum Gasteiger partial charge on any atom is 0.303 e. The first-order chi connectivity index (χ1) is 11.0. The number of allylic oxidation sites excluding steroid dienone is 1. The number of aliphatic hydroxyl groups excluding tert-OH is 1. The second-order valence-corrected chi connectivity index (χ2v) is 6.52. The molecular formula is C18H28O5. The SMILES string of the molecule is CCCCCC[C@H](O)[C@@H]1C[C@@H](OC(C)=O)C2=C(CCCC2=O)O1. The van der Waals surface area contributed by atoms with Crippen molar-refractivity contribution in [1.29, 1.82) is 0 Å². The minimum atomic E-state index is -0.587. The number of aliphatic hydroxyl groups is 1. The molecule has 0 amide bonds. The molecule has 0 unspecified atom stereocenters. The number of carbonyl (C=O) groups is 2. The molecule has 0 radical (unpaired) electrons. The molecule has 5 heteroatoms. The molecule has 1 N–H and O–H groups in total. The molecule has 0 bridgehead atoms. The molecule has 1 aliphatic carbocycles. The normalized spacial score (nSPS) is 25.6. The zero-order valence-corrected chi connectivity index (χ0v) is 14.2. The Balaban J connectivity index is 2.04. The third kappa shape index (κ3) is 4.80. The standard InChI is InChI=1S/C18H28O5/c1-3-4-5-6-8-13(20)16-11-17(22-12(2)19)18-14(21)9-7-10-15(18)23-16/h13,16-17,20H,3-11H2,1-2H3/t13-,16-,17+/m0/s1. The van der Waals surface area contributed by atoms with Gasteiger partial charge in [-0.05, 0) is 12.8 Å². The summed E-state index contributed by atoms with van der Waals surface area (Å²) < 4.78 is 11.3. The smallest absolute Gasteiger partial charge is 0.303 e. The monoisotopic (exact) mass is 324 g/mol. The first-order valence-corrected chi connectivity index (χ1v) is 8.81. The Bertz CT molecular complexity index is 468. The number of ether oxygens (including phenoxy) is 2. The van der Waals surface area contributed by atoms with Crippen LogP contribution in [-0.2, 0) is 19.1 Å². The molecule has 0 aromatic rings. The minimum absolute atomic E-state index is 0.00776. The highest BCUT2D eigenvalue weighted by atomic mass is 16.6. The molecule has 23 heavy (non-hydrogen) atoms. The third-order valence-corrected chi connectivity index (χ3v) is 4.56. The fourth-order valence-corrected chi connectivity index (χ4v) is 3.38. The highest BCUT2D eigenvalue weighted by molar-refractivity contribution is 5.98. The van der Waals surface area contributed by atoms with Crippen molar-refractivity contribution >= 4 is 11.8 Å². The number of unbranched alkanes of at least 4 members (excludes halogenated alkanes) is 3. The van der Waals surface area contributed by atoms with Gasteiger partial charge in [0, 0.05) is 26.2 Å². The lowest BCUT2D eigenvalue weighted by molar-refractivity contribution is -0.150. The van der Waals surface area contributed by atoms with Crippen LogP contribution in [0.5, 0.6) is 0 Å². The lowest BCUT2D eigenvalue weighted by Gasteiger charge is -2.37. The van der Waals surface area contributed by atoms with Crippen molar-refractivity contribution in [2.45, 2.75) is 89.9 Å². The van der Waals surface area contributed by atoms with Crippen LogP contribution >= 0.6 is 0 Å². The Kier molecular flexibility index (Phi) is 6.63. The van der Waals surface area contributed by atoms with Crippen LogP contribution in [-0.4, -0.2) is 35.2 Å². The summed E-state index contributed by atoms with van der Waals surface area (Å²) in [4.78, 5) is 23.5. The minimum Gasteiger partial charge on any atom is -0.491 e. The van der Waals surface area contributed by atoms with Crippen molar-refractivity contribution in [1.82, 2.24) is 0 Å². The molecule has 2 aliphatic rings. The average molecular weight is 324 g/mol. The maximum atomic E-state index is 12.1. The number of esters is 1. The molecule has 0 spiro atoms. The highest BCUT2D eigenvalue weighted by Crippen LogP contribution is 2.36. The second kappa shape index (κ2) is 8.48. The van der Waals surface area contributed by atoms with Crippen LogP contribution in [0.1, 0.15) is 71.6 Å². The van der Waals surface area contributed by atoms with Gasteiger partial charge in [-0.15, -0.1) is 0 Å². The zero-order valence-electron chi connectivity index (χ0n) is 14.2. The summed E-state index contributed by atoms with van der Waals surface area (Å²) in [6.45, 7) is 3.50. The Morgan fingerprint density at radius 2 is 2.13 bits per heavy atom. The predicted octanol–water partition coefficient (Wildman–Crippen LogP) is 3.05. The fourth-order valence-electron chi connectivity index (χ4n) is 3.38. The van der Waals surface area contributed by atoms with Crippen LogP contribution in [0.15, 0.2) is 11.3 Å². The predicted molar refractivity (Wildman–Crippen MR) is 85.7 cm³/mol. The van der Waals surface area contributed by atoms with E-state index in [9.17, 15) is 14.7 Å². The van der Waals surface area contributed by atoms with Crippen molar-refractivity contribution < 1.29 is 24.2 Å². The van der Waals surface area contributed by atoms with E-state index in [1.165, 1.54) is 6.92 Å². The van der Waals surface area contributed by atoms with E-state index in [4.69, 9.17) is 9.47 Å². The molecule has 1 heterocycles. The maximum absolute atomic E-state index is 12.1. The van der Waals surface area contributed by atoms with E-state index < -0.39 is 24.3 Å². The number of carbonyl (C=O) groups excluding carboxylic acids is 2. The largest absolute Gasteiger partial charge is 0.491 e. The van der Waals surface area contributed by atoms with Crippen LogP contribution in [0.4, 0.5) is 0 Å². The first-order valence-electron chi connectivity index (χ1n) is 8.81. The van der Waals surface area contributed by atoms with Gasteiger partial charge in [0.1, 0.15) is 18.0 Å². The lowest BCUT2D eigenvalue weighted by Crippen LogP contribution is -2.42. The summed E-state index contributed by atoms with van der Waals surface area (Å²) >= 11 is 0. The van der Waals surface area contributed by atoms with Crippen LogP contribution in [0, 0.1) is 0 Å². The van der Waals surface area contributed by atoms with Crippen molar-refractivity contribution in [3.05, 3.63) is 11.3 Å². The molecule has 130 valence electrons. The molecular weight excluding hydrogens is 296 g/mol. The molecule has 1 aliphatic heterocycles. The van der Waals surface area contributed by atoms with E-state index >= 15 is 0 Å². The second-order valence-electron chi connectivity index (χ2n) is 6.52. The summed E-state index contributed by atoms with van der Waals surface area (Å²) in [5, 5.41) is 10.4. The Morgan fingerprint density at radius 1 is 1.35 bits per heavy atom. The van der Waals surface area contributed by atoms with Gasteiger partial charge in [-0.3, -0.25) is 9.59 Å². The van der Waals surface area contributed by atoms with Crippen LogP contribution in [0.3, 0.4) is 0 Å². The third-order valence-electron chi connectivity index (χ3n) is 4.56. The Labute approximate surface area is 138 Å². The fraction of sp³-hybridized carbons (Fsp3) is 0.778. The number of rotatable bonds is 7. The lowest BCUT2D eigenvalue weighted by atomic mass is 9.86. The topological polar surface area (TPSA) is 72.8 Å². The van der Waals surface area contributed by atoms with E-state index in [1.807, 2.05) is 0 Å². The van der Waals surface area contributed by atoms with E-state index in [0.29, 0.717) is 37.0 Å². The molecule has 0 fully saturated rings. The molecule has 0 saturated heterocycles. The van der Waals surface area contributed by atoms with Gasteiger partial charge >= 0.3 is 5.97 Å². The van der Waals surface area contributed by atoms with Gasteiger partial charge in [0.2, 0.25) is 0 Å². The summed E-state index contributed by atoms with van der Waals surface area (Å²) in [5.74, 6) is 0.225. The average Bonchev–Trinajstić information content (AvgIpc) is 2.50. The van der Waals surface area contributed by atoms with E-state index in [-0.39, 0.29) is 5.78 Å². The first kappa shape index (κ1) is 18.0. The van der Waals surface area contributed by atoms with Gasteiger partial charge in [-0.2, -0.15) is 0 Å². The molecule has 0 aromatic heterocycles. The van der Waals surface area contributed by atoms with E-state index in [2.05, 4.69) is 6.92 Å². The number of ketones is 1. The van der Waals surface area contributed by atoms with Gasteiger partial charge in [-0.1, -0.05) is 32.6 Å².